The molecule has 0 amide bonds. The second kappa shape index (κ2) is 8.33. The van der Waals surface area contributed by atoms with Gasteiger partial charge in [-0.1, -0.05) is 71.3 Å². The Morgan fingerprint density at radius 3 is 2.48 bits per heavy atom. The number of allylic oxidation sites excluding steroid dienone is 3. The predicted molar refractivity (Wildman–Crippen MR) is 97.2 cm³/mol. The van der Waals surface area contributed by atoms with E-state index in [-0.39, 0.29) is 0 Å². The van der Waals surface area contributed by atoms with Gasteiger partial charge in [0.25, 0.3) is 0 Å². The van der Waals surface area contributed by atoms with Crippen LogP contribution in [0.1, 0.15) is 66.2 Å². The summed E-state index contributed by atoms with van der Waals surface area (Å²) in [5, 5.41) is 0.300. The molecule has 0 saturated carbocycles. The maximum Gasteiger partial charge on any atom is 0.192 e. The van der Waals surface area contributed by atoms with Gasteiger partial charge in [0.2, 0.25) is 0 Å². The highest BCUT2D eigenvalue weighted by molar-refractivity contribution is 6.74. The van der Waals surface area contributed by atoms with Gasteiger partial charge in [0.05, 0.1) is 6.10 Å². The normalized spacial score (nSPS) is 23.3. The van der Waals surface area contributed by atoms with E-state index in [0.717, 1.165) is 6.42 Å². The van der Waals surface area contributed by atoms with Gasteiger partial charge in [-0.15, -0.1) is 0 Å². The Labute approximate surface area is 134 Å². The standard InChI is InChI=1S/C19H36OSi/c1-7-8-9-10-11-12-13-17-14-15-18(16-17)20-21(5,6)19(2,3)4/h12-15,17-18H,7-11,16H2,1-6H3/b13-12-/t17-,18-/m1/s1. The van der Waals surface area contributed by atoms with Crippen molar-refractivity contribution in [2.24, 2.45) is 5.92 Å². The molecule has 1 rings (SSSR count). The molecule has 0 N–H and O–H groups in total. The van der Waals surface area contributed by atoms with E-state index in [1.54, 1.807) is 0 Å². The van der Waals surface area contributed by atoms with Gasteiger partial charge in [-0.3, -0.25) is 0 Å². The molecule has 0 fully saturated rings. The molecule has 0 aromatic rings. The Morgan fingerprint density at radius 1 is 1.14 bits per heavy atom. The first kappa shape index (κ1) is 18.7. The van der Waals surface area contributed by atoms with Gasteiger partial charge in [-0.25, -0.2) is 0 Å². The van der Waals surface area contributed by atoms with Crippen molar-refractivity contribution in [3.8, 4) is 0 Å². The fourth-order valence-corrected chi connectivity index (χ4v) is 3.72. The maximum atomic E-state index is 6.47. The van der Waals surface area contributed by atoms with Crippen LogP contribution in [0.4, 0.5) is 0 Å². The molecule has 0 unspecified atom stereocenters. The van der Waals surface area contributed by atoms with Crippen molar-refractivity contribution in [3.05, 3.63) is 24.3 Å². The molecule has 0 aromatic carbocycles. The highest BCUT2D eigenvalue weighted by Crippen LogP contribution is 2.39. The Balaban J connectivity index is 2.30. The molecule has 0 aliphatic heterocycles. The van der Waals surface area contributed by atoms with Crippen molar-refractivity contribution >= 4 is 8.32 Å². The summed E-state index contributed by atoms with van der Waals surface area (Å²) in [5.74, 6) is 0.589. The fourth-order valence-electron chi connectivity index (χ4n) is 2.44. The molecule has 1 aliphatic carbocycles. The first-order valence-corrected chi connectivity index (χ1v) is 11.7. The molecule has 2 atom stereocenters. The Bertz CT molecular complexity index is 349. The summed E-state index contributed by atoms with van der Waals surface area (Å²) in [6.07, 6.45) is 17.5. The van der Waals surface area contributed by atoms with Crippen molar-refractivity contribution in [2.75, 3.05) is 0 Å². The average molecular weight is 309 g/mol. The summed E-state index contributed by atoms with van der Waals surface area (Å²) in [5.41, 5.74) is 0. The lowest BCUT2D eigenvalue weighted by Crippen LogP contribution is -2.43. The molecule has 1 nitrogen and oxygen atoms in total. The van der Waals surface area contributed by atoms with Gasteiger partial charge in [0, 0.05) is 0 Å². The molecule has 1 aliphatic rings. The molecular weight excluding hydrogens is 272 g/mol. The first-order chi connectivity index (χ1) is 9.76. The molecule has 0 heterocycles. The molecule has 21 heavy (non-hydrogen) atoms. The Morgan fingerprint density at radius 2 is 1.86 bits per heavy atom. The molecule has 122 valence electrons. The third-order valence-electron chi connectivity index (χ3n) is 4.94. The largest absolute Gasteiger partial charge is 0.411 e. The zero-order chi connectivity index (χ0) is 15.9. The summed E-state index contributed by atoms with van der Waals surface area (Å²) in [4.78, 5) is 0. The van der Waals surface area contributed by atoms with Crippen molar-refractivity contribution in [1.29, 1.82) is 0 Å². The van der Waals surface area contributed by atoms with E-state index in [0.29, 0.717) is 17.1 Å². The summed E-state index contributed by atoms with van der Waals surface area (Å²) in [7, 11) is -1.63. The number of rotatable bonds is 8. The summed E-state index contributed by atoms with van der Waals surface area (Å²) >= 11 is 0. The quantitative estimate of drug-likeness (QED) is 0.283. The Kier molecular flexibility index (Phi) is 7.42. The van der Waals surface area contributed by atoms with Gasteiger partial charge >= 0.3 is 0 Å². The van der Waals surface area contributed by atoms with Crippen LogP contribution in [0.2, 0.25) is 18.1 Å². The van der Waals surface area contributed by atoms with Crippen LogP contribution in [0.5, 0.6) is 0 Å². The third kappa shape index (κ3) is 6.52. The monoisotopic (exact) mass is 308 g/mol. The van der Waals surface area contributed by atoms with Crippen LogP contribution in [0.15, 0.2) is 24.3 Å². The molecule has 0 saturated heterocycles. The number of hydrogen-bond acceptors (Lipinski definition) is 1. The summed E-state index contributed by atoms with van der Waals surface area (Å²) in [6, 6.07) is 0. The predicted octanol–water partition coefficient (Wildman–Crippen LogP) is 6.48. The zero-order valence-electron chi connectivity index (χ0n) is 15.1. The molecule has 0 spiro atoms. The lowest BCUT2D eigenvalue weighted by Gasteiger charge is -2.38. The van der Waals surface area contributed by atoms with E-state index >= 15 is 0 Å². The van der Waals surface area contributed by atoms with Gasteiger partial charge in [0.15, 0.2) is 8.32 Å². The second-order valence-corrected chi connectivity index (χ2v) is 12.7. The van der Waals surface area contributed by atoms with Crippen LogP contribution in [0.3, 0.4) is 0 Å². The summed E-state index contributed by atoms with van der Waals surface area (Å²) < 4.78 is 6.47. The van der Waals surface area contributed by atoms with Gasteiger partial charge in [0.1, 0.15) is 0 Å². The third-order valence-corrected chi connectivity index (χ3v) is 9.44. The fraction of sp³-hybridized carbons (Fsp3) is 0.789. The van der Waals surface area contributed by atoms with Crippen LogP contribution < -0.4 is 0 Å². The van der Waals surface area contributed by atoms with Gasteiger partial charge in [-0.05, 0) is 43.3 Å². The molecule has 0 bridgehead atoms. The average Bonchev–Trinajstić information content (AvgIpc) is 2.79. The highest BCUT2D eigenvalue weighted by Gasteiger charge is 2.39. The van der Waals surface area contributed by atoms with Crippen molar-refractivity contribution in [3.63, 3.8) is 0 Å². The molecule has 2 heteroatoms. The minimum absolute atomic E-state index is 0.300. The van der Waals surface area contributed by atoms with E-state index in [4.69, 9.17) is 4.43 Å². The second-order valence-electron chi connectivity index (χ2n) is 7.98. The van der Waals surface area contributed by atoms with Gasteiger partial charge in [-0.2, -0.15) is 0 Å². The van der Waals surface area contributed by atoms with Crippen LogP contribution in [0, 0.1) is 5.92 Å². The number of unbranched alkanes of at least 4 members (excludes halogenated alkanes) is 4. The smallest absolute Gasteiger partial charge is 0.192 e. The van der Waals surface area contributed by atoms with E-state index in [1.165, 1.54) is 32.1 Å². The van der Waals surface area contributed by atoms with E-state index in [2.05, 4.69) is 65.1 Å². The SMILES string of the molecule is CCCCCC/C=C\[C@@H]1C=C[C@@H](O[Si](C)(C)C(C)(C)C)C1. The first-order valence-electron chi connectivity index (χ1n) is 8.79. The Hall–Kier alpha value is -0.343. The minimum atomic E-state index is -1.63. The molecular formula is C19H36OSi. The van der Waals surface area contributed by atoms with Crippen LogP contribution >= 0.6 is 0 Å². The van der Waals surface area contributed by atoms with Gasteiger partial charge < -0.3 is 4.43 Å². The topological polar surface area (TPSA) is 9.23 Å². The van der Waals surface area contributed by atoms with Crippen molar-refractivity contribution in [2.45, 2.75) is 90.5 Å². The summed E-state index contributed by atoms with van der Waals surface area (Å²) in [6.45, 7) is 13.9. The van der Waals surface area contributed by atoms with E-state index < -0.39 is 8.32 Å². The number of hydrogen-bond donors (Lipinski definition) is 0. The lowest BCUT2D eigenvalue weighted by molar-refractivity contribution is 0.218. The highest BCUT2D eigenvalue weighted by atomic mass is 28.4. The van der Waals surface area contributed by atoms with Crippen LogP contribution in [-0.2, 0) is 4.43 Å². The van der Waals surface area contributed by atoms with Crippen molar-refractivity contribution in [1.82, 2.24) is 0 Å². The maximum absolute atomic E-state index is 6.47. The van der Waals surface area contributed by atoms with E-state index in [1.807, 2.05) is 0 Å². The van der Waals surface area contributed by atoms with Crippen LogP contribution in [0.25, 0.3) is 0 Å². The molecule has 0 aromatic heterocycles. The lowest BCUT2D eigenvalue weighted by atomic mass is 10.1. The van der Waals surface area contributed by atoms with Crippen molar-refractivity contribution < 1.29 is 4.43 Å². The minimum Gasteiger partial charge on any atom is -0.411 e. The van der Waals surface area contributed by atoms with Crippen LogP contribution in [-0.4, -0.2) is 14.4 Å². The molecule has 0 radical (unpaired) electrons. The van der Waals surface area contributed by atoms with E-state index in [9.17, 15) is 0 Å². The zero-order valence-corrected chi connectivity index (χ0v) is 16.1.